The largest absolute Gasteiger partial charge is 0.497 e. The number of nitro benzene ring substituents is 1. The van der Waals surface area contributed by atoms with E-state index in [2.05, 4.69) is 4.31 Å². The zero-order chi connectivity index (χ0) is 21.8. The fourth-order valence-corrected chi connectivity index (χ4v) is 4.75. The summed E-state index contributed by atoms with van der Waals surface area (Å²) in [5.41, 5.74) is 1.96. The molecule has 0 spiro atoms. The molecule has 1 aliphatic rings. The third-order valence-corrected chi connectivity index (χ3v) is 6.31. The monoisotopic (exact) mass is 438 g/mol. The van der Waals surface area contributed by atoms with Crippen LogP contribution in [0.4, 0.5) is 5.69 Å². The molecule has 31 heavy (non-hydrogen) atoms. The Kier molecular flexibility index (Phi) is 6.41. The predicted octanol–water partition coefficient (Wildman–Crippen LogP) is 5.39. The van der Waals surface area contributed by atoms with Crippen molar-refractivity contribution in [2.45, 2.75) is 17.2 Å². The summed E-state index contributed by atoms with van der Waals surface area (Å²) in [6.07, 6.45) is -0.462. The second-order valence-corrected chi connectivity index (χ2v) is 7.94. The van der Waals surface area contributed by atoms with E-state index in [0.717, 1.165) is 11.1 Å². The van der Waals surface area contributed by atoms with Gasteiger partial charge in [0.15, 0.2) is 0 Å². The van der Waals surface area contributed by atoms with Gasteiger partial charge < -0.3 is 14.2 Å². The highest BCUT2D eigenvalue weighted by Gasteiger charge is 2.39. The summed E-state index contributed by atoms with van der Waals surface area (Å²) in [5, 5.41) is 11.6. The molecule has 0 aromatic heterocycles. The first-order valence-corrected chi connectivity index (χ1v) is 10.5. The van der Waals surface area contributed by atoms with E-state index in [0.29, 0.717) is 23.0 Å². The Hall–Kier alpha value is -3.07. The van der Waals surface area contributed by atoms with Crippen molar-refractivity contribution in [1.29, 1.82) is 0 Å². The van der Waals surface area contributed by atoms with Crippen LogP contribution in [-0.2, 0) is 4.74 Å². The molecule has 3 aromatic carbocycles. The zero-order valence-corrected chi connectivity index (χ0v) is 18.0. The highest BCUT2D eigenvalue weighted by molar-refractivity contribution is 7.97. The Morgan fingerprint density at radius 1 is 1.03 bits per heavy atom. The molecule has 8 heteroatoms. The standard InChI is InChI=1S/C23H22N2O5S/c1-28-17-12-13-18(21(14-17)29-2)23-24(20(15-30-23)16-8-4-3-5-9-16)31-22-11-7-6-10-19(22)25(26)27/h3-14,20,23H,15H2,1-2H3/t20-,23?/m1/s1. The predicted molar refractivity (Wildman–Crippen MR) is 118 cm³/mol. The van der Waals surface area contributed by atoms with E-state index in [1.807, 2.05) is 48.5 Å². The molecule has 0 bridgehead atoms. The van der Waals surface area contributed by atoms with Crippen molar-refractivity contribution in [2.75, 3.05) is 20.8 Å². The van der Waals surface area contributed by atoms with Crippen LogP contribution in [0.3, 0.4) is 0 Å². The van der Waals surface area contributed by atoms with Gasteiger partial charge in [-0.15, -0.1) is 0 Å². The van der Waals surface area contributed by atoms with E-state index in [-0.39, 0.29) is 16.7 Å². The summed E-state index contributed by atoms with van der Waals surface area (Å²) in [5.74, 6) is 1.31. The molecule has 1 unspecified atom stereocenters. The van der Waals surface area contributed by atoms with Gasteiger partial charge in [-0.25, -0.2) is 4.31 Å². The van der Waals surface area contributed by atoms with E-state index >= 15 is 0 Å². The maximum Gasteiger partial charge on any atom is 0.284 e. The van der Waals surface area contributed by atoms with Gasteiger partial charge in [0.25, 0.3) is 5.69 Å². The number of nitro groups is 1. The molecule has 160 valence electrons. The van der Waals surface area contributed by atoms with Gasteiger partial charge in [-0.1, -0.05) is 42.5 Å². The number of rotatable bonds is 7. The van der Waals surface area contributed by atoms with Gasteiger partial charge in [-0.05, 0) is 35.7 Å². The molecule has 1 heterocycles. The SMILES string of the molecule is COc1ccc(C2OC[C@H](c3ccccc3)N2Sc2ccccc2[N+](=O)[O-])c(OC)c1. The van der Waals surface area contributed by atoms with Crippen LogP contribution in [0.25, 0.3) is 0 Å². The first kappa shape index (κ1) is 21.2. The molecule has 1 aliphatic heterocycles. The van der Waals surface area contributed by atoms with Gasteiger partial charge in [-0.3, -0.25) is 10.1 Å². The average Bonchev–Trinajstić information content (AvgIpc) is 3.22. The van der Waals surface area contributed by atoms with Gasteiger partial charge in [0.2, 0.25) is 0 Å². The quantitative estimate of drug-likeness (QED) is 0.278. The third-order valence-electron chi connectivity index (χ3n) is 5.11. The summed E-state index contributed by atoms with van der Waals surface area (Å²) >= 11 is 1.32. The number of hydrogen-bond donors (Lipinski definition) is 0. The minimum absolute atomic E-state index is 0.0617. The molecule has 3 aromatic rings. The molecule has 2 atom stereocenters. The molecule has 0 aliphatic carbocycles. The van der Waals surface area contributed by atoms with Gasteiger partial charge in [-0.2, -0.15) is 0 Å². The maximum atomic E-state index is 11.6. The van der Waals surface area contributed by atoms with Crippen molar-refractivity contribution in [3.05, 3.63) is 94.0 Å². The van der Waals surface area contributed by atoms with E-state index in [9.17, 15) is 10.1 Å². The zero-order valence-electron chi connectivity index (χ0n) is 17.1. The lowest BCUT2D eigenvalue weighted by Crippen LogP contribution is -2.21. The minimum atomic E-state index is -0.462. The van der Waals surface area contributed by atoms with Crippen molar-refractivity contribution in [3.63, 3.8) is 0 Å². The second-order valence-electron chi connectivity index (χ2n) is 6.90. The Morgan fingerprint density at radius 3 is 2.48 bits per heavy atom. The number of hydrogen-bond acceptors (Lipinski definition) is 7. The Bertz CT molecular complexity index is 1060. The summed E-state index contributed by atoms with van der Waals surface area (Å²) in [6.45, 7) is 0.442. The van der Waals surface area contributed by atoms with E-state index < -0.39 is 6.23 Å². The molecule has 7 nitrogen and oxygen atoms in total. The van der Waals surface area contributed by atoms with Crippen LogP contribution in [0.15, 0.2) is 77.7 Å². The van der Waals surface area contributed by atoms with E-state index in [1.165, 1.54) is 18.0 Å². The number of para-hydroxylation sites is 1. The highest BCUT2D eigenvalue weighted by atomic mass is 32.2. The molecule has 0 radical (unpaired) electrons. The van der Waals surface area contributed by atoms with E-state index in [4.69, 9.17) is 14.2 Å². The van der Waals surface area contributed by atoms with Gasteiger partial charge in [0.1, 0.15) is 22.6 Å². The van der Waals surface area contributed by atoms with Crippen LogP contribution in [-0.4, -0.2) is 30.1 Å². The lowest BCUT2D eigenvalue weighted by atomic mass is 10.1. The topological polar surface area (TPSA) is 74.1 Å². The molecule has 4 rings (SSSR count). The molecular weight excluding hydrogens is 416 g/mol. The summed E-state index contributed by atoms with van der Waals surface area (Å²) in [6, 6.07) is 22.2. The molecule has 0 amide bonds. The fourth-order valence-electron chi connectivity index (χ4n) is 3.57. The van der Waals surface area contributed by atoms with Crippen LogP contribution >= 0.6 is 11.9 Å². The Morgan fingerprint density at radius 2 is 1.77 bits per heavy atom. The molecular formula is C23H22N2O5S. The first-order chi connectivity index (χ1) is 15.1. The fraction of sp³-hybridized carbons (Fsp3) is 0.217. The molecule has 0 N–H and O–H groups in total. The van der Waals surface area contributed by atoms with Crippen LogP contribution in [0.1, 0.15) is 23.4 Å². The van der Waals surface area contributed by atoms with Crippen LogP contribution in [0.2, 0.25) is 0 Å². The Balaban J connectivity index is 1.76. The third kappa shape index (κ3) is 4.36. The summed E-state index contributed by atoms with van der Waals surface area (Å²) in [4.78, 5) is 11.8. The number of ether oxygens (including phenoxy) is 3. The average molecular weight is 439 g/mol. The van der Waals surface area contributed by atoms with Crippen LogP contribution in [0.5, 0.6) is 11.5 Å². The minimum Gasteiger partial charge on any atom is -0.497 e. The lowest BCUT2D eigenvalue weighted by Gasteiger charge is -2.28. The number of nitrogens with zero attached hydrogens (tertiary/aromatic N) is 2. The van der Waals surface area contributed by atoms with Crippen molar-refractivity contribution in [3.8, 4) is 11.5 Å². The van der Waals surface area contributed by atoms with Crippen molar-refractivity contribution >= 4 is 17.6 Å². The normalized spacial score (nSPS) is 18.6. The molecule has 0 saturated carbocycles. The highest BCUT2D eigenvalue weighted by Crippen LogP contribution is 2.49. The number of methoxy groups -OCH3 is 2. The van der Waals surface area contributed by atoms with Crippen LogP contribution in [0, 0.1) is 10.1 Å². The molecule has 1 saturated heterocycles. The number of benzene rings is 3. The Labute approximate surface area is 184 Å². The van der Waals surface area contributed by atoms with Crippen LogP contribution < -0.4 is 9.47 Å². The van der Waals surface area contributed by atoms with Gasteiger partial charge in [0, 0.05) is 17.7 Å². The lowest BCUT2D eigenvalue weighted by molar-refractivity contribution is -0.387. The van der Waals surface area contributed by atoms with Crippen molar-refractivity contribution in [1.82, 2.24) is 4.31 Å². The van der Waals surface area contributed by atoms with E-state index in [1.54, 1.807) is 32.4 Å². The second kappa shape index (κ2) is 9.38. The maximum absolute atomic E-state index is 11.6. The van der Waals surface area contributed by atoms with Gasteiger partial charge >= 0.3 is 0 Å². The molecule has 1 fully saturated rings. The van der Waals surface area contributed by atoms with Crippen molar-refractivity contribution < 1.29 is 19.1 Å². The summed E-state index contributed by atoms with van der Waals surface area (Å²) in [7, 11) is 3.20. The van der Waals surface area contributed by atoms with Gasteiger partial charge in [0.05, 0.1) is 31.8 Å². The summed E-state index contributed by atoms with van der Waals surface area (Å²) < 4.78 is 19.2. The van der Waals surface area contributed by atoms with Crippen molar-refractivity contribution in [2.24, 2.45) is 0 Å². The smallest absolute Gasteiger partial charge is 0.284 e. The first-order valence-electron chi connectivity index (χ1n) is 9.70.